The number of hydrogen-bond donors (Lipinski definition) is 1. The third-order valence-corrected chi connectivity index (χ3v) is 7.12. The van der Waals surface area contributed by atoms with Crippen LogP contribution in [-0.4, -0.2) is 43.1 Å². The summed E-state index contributed by atoms with van der Waals surface area (Å²) in [4.78, 5) is 23.6. The van der Waals surface area contributed by atoms with Crippen molar-refractivity contribution in [2.75, 3.05) is 12.3 Å². The Kier molecular flexibility index (Phi) is 6.40. The molecular weight excluding hydrogens is 497 g/mol. The molecule has 1 saturated heterocycles. The molecule has 39 heavy (non-hydrogen) atoms. The van der Waals surface area contributed by atoms with Crippen LogP contribution in [0.2, 0.25) is 0 Å². The fourth-order valence-corrected chi connectivity index (χ4v) is 5.01. The van der Waals surface area contributed by atoms with Crippen molar-refractivity contribution in [1.29, 1.82) is 5.26 Å². The lowest BCUT2D eigenvalue weighted by molar-refractivity contribution is -0.127. The Balaban J connectivity index is 1.28. The quantitative estimate of drug-likeness (QED) is 0.271. The van der Waals surface area contributed by atoms with Crippen LogP contribution in [-0.2, 0) is 11.3 Å². The minimum atomic E-state index is -0.373. The van der Waals surface area contributed by atoms with Crippen LogP contribution in [0.25, 0.3) is 22.3 Å². The predicted octanol–water partition coefficient (Wildman–Crippen LogP) is 4.86. The Morgan fingerprint density at radius 3 is 2.72 bits per heavy atom. The summed E-state index contributed by atoms with van der Waals surface area (Å²) in [5.41, 5.74) is 8.47. The molecule has 0 bridgehead atoms. The third kappa shape index (κ3) is 5.03. The van der Waals surface area contributed by atoms with Gasteiger partial charge >= 0.3 is 0 Å². The summed E-state index contributed by atoms with van der Waals surface area (Å²) in [5, 5.41) is 15.1. The summed E-state index contributed by atoms with van der Waals surface area (Å²) in [7, 11) is 0. The van der Waals surface area contributed by atoms with E-state index in [4.69, 9.17) is 15.6 Å². The van der Waals surface area contributed by atoms with E-state index in [2.05, 4.69) is 16.0 Å². The van der Waals surface area contributed by atoms with Gasteiger partial charge in [-0.05, 0) is 68.0 Å². The van der Waals surface area contributed by atoms with E-state index < -0.39 is 0 Å². The highest BCUT2D eigenvalue weighted by Crippen LogP contribution is 2.34. The smallest absolute Gasteiger partial charge is 0.264 e. The van der Waals surface area contributed by atoms with Crippen molar-refractivity contribution >= 4 is 22.8 Å². The SMILES string of the molecule is N#CC(=CC1CC1)C(=O)N1CCC[C@H]1Cn1nc(-c2ccc(Oc3cccc(F)c3)cc2)c2c(N)ncnc21. The molecule has 2 N–H and O–H groups in total. The van der Waals surface area contributed by atoms with Gasteiger partial charge in [0.15, 0.2) is 5.65 Å². The number of allylic oxidation sites excluding steroid dienone is 1. The Labute approximate surface area is 224 Å². The summed E-state index contributed by atoms with van der Waals surface area (Å²) in [6.07, 6.45) is 6.94. The van der Waals surface area contributed by atoms with Crippen LogP contribution in [0.1, 0.15) is 25.7 Å². The maximum atomic E-state index is 13.5. The average Bonchev–Trinajstić information content (AvgIpc) is 3.51. The first-order valence-electron chi connectivity index (χ1n) is 12.9. The number of carbonyl (C=O) groups is 1. The van der Waals surface area contributed by atoms with Gasteiger partial charge in [0.25, 0.3) is 5.91 Å². The molecule has 6 rings (SSSR count). The van der Waals surface area contributed by atoms with Crippen molar-refractivity contribution in [3.63, 3.8) is 0 Å². The van der Waals surface area contributed by atoms with Crippen LogP contribution in [0.15, 0.2) is 66.5 Å². The first kappa shape index (κ1) is 24.6. The van der Waals surface area contributed by atoms with Crippen LogP contribution >= 0.6 is 0 Å². The van der Waals surface area contributed by atoms with Gasteiger partial charge in [0, 0.05) is 18.2 Å². The molecule has 10 heteroatoms. The van der Waals surface area contributed by atoms with E-state index in [-0.39, 0.29) is 23.3 Å². The predicted molar refractivity (Wildman–Crippen MR) is 143 cm³/mol. The molecule has 4 aromatic rings. The second-order valence-corrected chi connectivity index (χ2v) is 9.90. The van der Waals surface area contributed by atoms with Crippen molar-refractivity contribution in [3.05, 3.63) is 72.3 Å². The number of rotatable bonds is 7. The van der Waals surface area contributed by atoms with Gasteiger partial charge in [0.1, 0.15) is 46.8 Å². The first-order valence-corrected chi connectivity index (χ1v) is 12.9. The second-order valence-electron chi connectivity index (χ2n) is 9.90. The van der Waals surface area contributed by atoms with E-state index >= 15 is 0 Å². The Morgan fingerprint density at radius 2 is 1.97 bits per heavy atom. The number of nitrogens with zero attached hydrogens (tertiary/aromatic N) is 6. The number of anilines is 1. The molecule has 1 aliphatic heterocycles. The standard InChI is InChI=1S/C29H26FN7O2/c30-21-3-1-5-24(14-21)39-23-10-8-19(9-11-23)26-25-27(32)33-17-34-28(25)37(35-26)16-22-4-2-12-36(22)29(38)20(15-31)13-18-6-7-18/h1,3,5,8-11,13-14,17-18,22H,2,4,6-7,12,16H2,(H2,32,33,34)/t22-/m0/s1. The fraction of sp³-hybridized carbons (Fsp3) is 0.276. The van der Waals surface area contributed by atoms with Crippen molar-refractivity contribution in [2.24, 2.45) is 5.92 Å². The zero-order chi connectivity index (χ0) is 26.9. The zero-order valence-corrected chi connectivity index (χ0v) is 21.1. The molecule has 1 saturated carbocycles. The second kappa shape index (κ2) is 10.2. The number of likely N-dealkylation sites (tertiary alicyclic amines) is 1. The number of nitriles is 1. The Hall–Kier alpha value is -4.78. The van der Waals surface area contributed by atoms with Crippen molar-refractivity contribution < 1.29 is 13.9 Å². The van der Waals surface area contributed by atoms with Gasteiger partial charge < -0.3 is 15.4 Å². The first-order chi connectivity index (χ1) is 19.0. The Morgan fingerprint density at radius 1 is 1.15 bits per heavy atom. The molecule has 1 amide bonds. The van der Waals surface area contributed by atoms with Crippen LogP contribution in [0.5, 0.6) is 11.5 Å². The number of amides is 1. The molecule has 0 unspecified atom stereocenters. The maximum absolute atomic E-state index is 13.5. The van der Waals surface area contributed by atoms with Crippen LogP contribution in [0, 0.1) is 23.1 Å². The lowest BCUT2D eigenvalue weighted by Crippen LogP contribution is -2.39. The highest BCUT2D eigenvalue weighted by Gasteiger charge is 2.33. The number of halogens is 1. The van der Waals surface area contributed by atoms with E-state index in [9.17, 15) is 14.4 Å². The van der Waals surface area contributed by atoms with Crippen LogP contribution in [0.4, 0.5) is 10.2 Å². The Bertz CT molecular complexity index is 1620. The van der Waals surface area contributed by atoms with Gasteiger partial charge in [-0.15, -0.1) is 0 Å². The van der Waals surface area contributed by atoms with E-state index in [0.29, 0.717) is 53.1 Å². The topological polar surface area (TPSA) is 123 Å². The molecule has 0 spiro atoms. The number of ether oxygens (including phenoxy) is 1. The summed E-state index contributed by atoms with van der Waals surface area (Å²) in [5.74, 6) is 1.00. The summed E-state index contributed by atoms with van der Waals surface area (Å²) in [6, 6.07) is 15.2. The molecule has 2 aliphatic rings. The van der Waals surface area contributed by atoms with Crippen LogP contribution in [0.3, 0.4) is 0 Å². The molecule has 2 fully saturated rings. The minimum absolute atomic E-state index is 0.123. The molecule has 0 radical (unpaired) electrons. The monoisotopic (exact) mass is 523 g/mol. The van der Waals surface area contributed by atoms with Gasteiger partial charge in [-0.3, -0.25) is 4.79 Å². The highest BCUT2D eigenvalue weighted by molar-refractivity contribution is 5.99. The summed E-state index contributed by atoms with van der Waals surface area (Å²) in [6.45, 7) is 1.02. The van der Waals surface area contributed by atoms with Crippen molar-refractivity contribution in [2.45, 2.75) is 38.3 Å². The molecule has 1 atom stereocenters. The number of nitrogens with two attached hydrogens (primary N) is 1. The van der Waals surface area contributed by atoms with Gasteiger partial charge in [-0.2, -0.15) is 10.4 Å². The number of nitrogen functional groups attached to an aromatic ring is 1. The van der Waals surface area contributed by atoms with Gasteiger partial charge in [-0.1, -0.05) is 12.1 Å². The largest absolute Gasteiger partial charge is 0.457 e. The van der Waals surface area contributed by atoms with E-state index in [0.717, 1.165) is 31.2 Å². The number of benzene rings is 2. The number of hydrogen-bond acceptors (Lipinski definition) is 7. The highest BCUT2D eigenvalue weighted by atomic mass is 19.1. The summed E-state index contributed by atoms with van der Waals surface area (Å²) >= 11 is 0. The maximum Gasteiger partial charge on any atom is 0.264 e. The number of fused-ring (bicyclic) bond motifs is 1. The minimum Gasteiger partial charge on any atom is -0.457 e. The fourth-order valence-electron chi connectivity index (χ4n) is 5.01. The van der Waals surface area contributed by atoms with Crippen molar-refractivity contribution in [1.82, 2.24) is 24.6 Å². The summed E-state index contributed by atoms with van der Waals surface area (Å²) < 4.78 is 21.1. The average molecular weight is 524 g/mol. The lowest BCUT2D eigenvalue weighted by atomic mass is 10.1. The van der Waals surface area contributed by atoms with E-state index in [1.807, 2.05) is 18.2 Å². The van der Waals surface area contributed by atoms with Crippen LogP contribution < -0.4 is 10.5 Å². The zero-order valence-electron chi connectivity index (χ0n) is 21.1. The van der Waals surface area contributed by atoms with E-state index in [1.54, 1.807) is 33.8 Å². The molecule has 9 nitrogen and oxygen atoms in total. The normalized spacial score (nSPS) is 17.4. The number of aromatic nitrogens is 4. The van der Waals surface area contributed by atoms with E-state index in [1.165, 1.54) is 18.5 Å². The lowest BCUT2D eigenvalue weighted by Gasteiger charge is -2.24. The molecule has 1 aliphatic carbocycles. The number of carbonyl (C=O) groups excluding carboxylic acids is 1. The molecule has 2 aromatic carbocycles. The molecule has 2 aromatic heterocycles. The molecule has 3 heterocycles. The van der Waals surface area contributed by atoms with Gasteiger partial charge in [-0.25, -0.2) is 19.0 Å². The third-order valence-electron chi connectivity index (χ3n) is 7.12. The van der Waals surface area contributed by atoms with Gasteiger partial charge in [0.2, 0.25) is 0 Å². The molecular formula is C29H26FN7O2. The van der Waals surface area contributed by atoms with Crippen molar-refractivity contribution in [3.8, 4) is 28.8 Å². The van der Waals surface area contributed by atoms with Gasteiger partial charge in [0.05, 0.1) is 18.0 Å². The molecule has 196 valence electrons.